The average molecular weight is 293 g/mol. The monoisotopic (exact) mass is 293 g/mol. The molecule has 0 aromatic heterocycles. The van der Waals surface area contributed by atoms with Gasteiger partial charge in [-0.05, 0) is 42.7 Å². The van der Waals surface area contributed by atoms with Crippen molar-refractivity contribution in [2.45, 2.75) is 27.7 Å². The maximum atomic E-state index is 2.24. The molecule has 0 atom stereocenters. The molecule has 1 nitrogen and oxygen atoms in total. The fraction of sp³-hybridized carbons (Fsp3) is 0.238. The molecule has 116 valence electrons. The summed E-state index contributed by atoms with van der Waals surface area (Å²) in [6, 6.07) is 17.1. The first-order valence-corrected chi connectivity index (χ1v) is 7.91. The van der Waals surface area contributed by atoms with Gasteiger partial charge < -0.3 is 4.90 Å². The minimum absolute atomic E-state index is 1.23. The summed E-state index contributed by atoms with van der Waals surface area (Å²) in [6.07, 6.45) is 8.19. The lowest BCUT2D eigenvalue weighted by Gasteiger charge is -2.18. The second-order valence-corrected chi connectivity index (χ2v) is 4.85. The molecule has 0 saturated carbocycles. The molecule has 0 bridgehead atoms. The molecule has 0 aliphatic carbocycles. The van der Waals surface area contributed by atoms with Crippen LogP contribution in [0.2, 0.25) is 0 Å². The molecule has 0 radical (unpaired) electrons. The largest absolute Gasteiger partial charge is 0.351 e. The Morgan fingerprint density at radius 1 is 0.864 bits per heavy atom. The molecule has 0 aliphatic heterocycles. The SMILES string of the molecule is C/C=C\C=C/N(C)c1cc(-c2ccccc2)ccc1C.CC. The number of allylic oxidation sites excluding steroid dienone is 3. The highest BCUT2D eigenvalue weighted by Gasteiger charge is 2.04. The van der Waals surface area contributed by atoms with E-state index in [4.69, 9.17) is 0 Å². The van der Waals surface area contributed by atoms with Gasteiger partial charge in [0.2, 0.25) is 0 Å². The Morgan fingerprint density at radius 2 is 1.55 bits per heavy atom. The Labute approximate surface area is 135 Å². The van der Waals surface area contributed by atoms with Gasteiger partial charge in [-0.1, -0.05) is 68.5 Å². The van der Waals surface area contributed by atoms with E-state index in [1.54, 1.807) is 0 Å². The van der Waals surface area contributed by atoms with E-state index in [2.05, 4.69) is 73.6 Å². The summed E-state index contributed by atoms with van der Waals surface area (Å²) in [4.78, 5) is 2.15. The summed E-state index contributed by atoms with van der Waals surface area (Å²) in [5, 5.41) is 0. The van der Waals surface area contributed by atoms with Crippen molar-refractivity contribution in [3.05, 3.63) is 78.5 Å². The summed E-state index contributed by atoms with van der Waals surface area (Å²) < 4.78 is 0. The zero-order valence-electron chi connectivity index (χ0n) is 14.4. The third-order valence-electron chi connectivity index (χ3n) is 3.31. The number of hydrogen-bond donors (Lipinski definition) is 0. The number of aryl methyl sites for hydroxylation is 1. The Balaban J connectivity index is 0.00000116. The molecule has 0 saturated heterocycles. The fourth-order valence-electron chi connectivity index (χ4n) is 2.17. The normalized spacial score (nSPS) is 10.6. The van der Waals surface area contributed by atoms with Gasteiger partial charge in [0.1, 0.15) is 0 Å². The van der Waals surface area contributed by atoms with Crippen LogP contribution in [0.15, 0.2) is 73.0 Å². The van der Waals surface area contributed by atoms with Gasteiger partial charge in [-0.3, -0.25) is 0 Å². The minimum atomic E-state index is 1.23. The van der Waals surface area contributed by atoms with Crippen LogP contribution in [-0.4, -0.2) is 7.05 Å². The second-order valence-electron chi connectivity index (χ2n) is 4.85. The lowest BCUT2D eigenvalue weighted by Crippen LogP contribution is -2.09. The van der Waals surface area contributed by atoms with E-state index in [0.29, 0.717) is 0 Å². The number of anilines is 1. The Kier molecular flexibility index (Phi) is 7.77. The molecular formula is C21H27N. The lowest BCUT2D eigenvalue weighted by molar-refractivity contribution is 1.18. The van der Waals surface area contributed by atoms with E-state index in [1.807, 2.05) is 39.0 Å². The van der Waals surface area contributed by atoms with Gasteiger partial charge in [-0.25, -0.2) is 0 Å². The number of rotatable bonds is 4. The lowest BCUT2D eigenvalue weighted by atomic mass is 10.0. The highest BCUT2D eigenvalue weighted by molar-refractivity contribution is 5.71. The zero-order valence-corrected chi connectivity index (χ0v) is 14.4. The van der Waals surface area contributed by atoms with Crippen LogP contribution in [0.25, 0.3) is 11.1 Å². The van der Waals surface area contributed by atoms with Crippen molar-refractivity contribution in [3.8, 4) is 11.1 Å². The average Bonchev–Trinajstić information content (AvgIpc) is 2.58. The van der Waals surface area contributed by atoms with Crippen molar-refractivity contribution < 1.29 is 0 Å². The number of benzene rings is 2. The summed E-state index contributed by atoms with van der Waals surface area (Å²) in [5.41, 5.74) is 5.00. The van der Waals surface area contributed by atoms with E-state index in [9.17, 15) is 0 Å². The van der Waals surface area contributed by atoms with Gasteiger partial charge >= 0.3 is 0 Å². The molecule has 0 unspecified atom stereocenters. The first-order chi connectivity index (χ1) is 10.7. The molecule has 2 aromatic carbocycles. The van der Waals surface area contributed by atoms with Crippen LogP contribution in [0.1, 0.15) is 26.3 Å². The first kappa shape index (κ1) is 17.8. The number of nitrogens with zero attached hydrogens (tertiary/aromatic N) is 1. The van der Waals surface area contributed by atoms with Crippen molar-refractivity contribution in [2.75, 3.05) is 11.9 Å². The predicted molar refractivity (Wildman–Crippen MR) is 100 cm³/mol. The molecule has 2 rings (SSSR count). The smallest absolute Gasteiger partial charge is 0.0439 e. The molecule has 0 amide bonds. The third kappa shape index (κ3) is 4.92. The van der Waals surface area contributed by atoms with Gasteiger partial charge in [-0.15, -0.1) is 0 Å². The predicted octanol–water partition coefficient (Wildman–Crippen LogP) is 6.21. The standard InChI is InChI=1S/C19H21N.C2H6/c1-4-5-9-14-20(3)19-15-18(13-12-16(19)2)17-10-7-6-8-11-17;1-2/h4-15H,1-3H3;1-2H3/b5-4-,14-9-;. The van der Waals surface area contributed by atoms with Crippen LogP contribution in [0.4, 0.5) is 5.69 Å². The van der Waals surface area contributed by atoms with Crippen molar-refractivity contribution in [1.82, 2.24) is 0 Å². The van der Waals surface area contributed by atoms with E-state index < -0.39 is 0 Å². The van der Waals surface area contributed by atoms with E-state index >= 15 is 0 Å². The molecular weight excluding hydrogens is 266 g/mol. The fourth-order valence-corrected chi connectivity index (χ4v) is 2.17. The topological polar surface area (TPSA) is 3.24 Å². The van der Waals surface area contributed by atoms with Crippen LogP contribution < -0.4 is 4.90 Å². The molecule has 0 aliphatic rings. The molecule has 22 heavy (non-hydrogen) atoms. The summed E-state index contributed by atoms with van der Waals surface area (Å²) in [5.74, 6) is 0. The van der Waals surface area contributed by atoms with Gasteiger partial charge in [0.05, 0.1) is 0 Å². The molecule has 2 aromatic rings. The summed E-state index contributed by atoms with van der Waals surface area (Å²) >= 11 is 0. The van der Waals surface area contributed by atoms with Crippen LogP contribution in [0.5, 0.6) is 0 Å². The Hall–Kier alpha value is -2.28. The quantitative estimate of drug-likeness (QED) is 0.605. The van der Waals surface area contributed by atoms with Crippen molar-refractivity contribution in [3.63, 3.8) is 0 Å². The molecule has 0 fully saturated rings. The van der Waals surface area contributed by atoms with Gasteiger partial charge in [-0.2, -0.15) is 0 Å². The Morgan fingerprint density at radius 3 is 2.18 bits per heavy atom. The maximum absolute atomic E-state index is 2.24. The van der Waals surface area contributed by atoms with Crippen LogP contribution in [0.3, 0.4) is 0 Å². The minimum Gasteiger partial charge on any atom is -0.351 e. The highest BCUT2D eigenvalue weighted by atomic mass is 15.1. The molecule has 0 spiro atoms. The zero-order chi connectivity index (χ0) is 16.4. The van der Waals surface area contributed by atoms with Crippen molar-refractivity contribution in [2.24, 2.45) is 0 Å². The van der Waals surface area contributed by atoms with Crippen molar-refractivity contribution in [1.29, 1.82) is 0 Å². The highest BCUT2D eigenvalue weighted by Crippen LogP contribution is 2.27. The van der Waals surface area contributed by atoms with Gasteiger partial charge in [0.15, 0.2) is 0 Å². The maximum Gasteiger partial charge on any atom is 0.0439 e. The Bertz CT molecular complexity index is 609. The molecule has 0 heterocycles. The number of hydrogen-bond acceptors (Lipinski definition) is 1. The second kappa shape index (κ2) is 9.62. The van der Waals surface area contributed by atoms with Crippen LogP contribution >= 0.6 is 0 Å². The van der Waals surface area contributed by atoms with Gasteiger partial charge in [0, 0.05) is 18.9 Å². The summed E-state index contributed by atoms with van der Waals surface area (Å²) in [7, 11) is 2.08. The van der Waals surface area contributed by atoms with Crippen LogP contribution in [-0.2, 0) is 0 Å². The van der Waals surface area contributed by atoms with E-state index in [1.165, 1.54) is 22.4 Å². The molecule has 1 heteroatoms. The van der Waals surface area contributed by atoms with E-state index in [-0.39, 0.29) is 0 Å². The van der Waals surface area contributed by atoms with Crippen LogP contribution in [0, 0.1) is 6.92 Å². The van der Waals surface area contributed by atoms with Gasteiger partial charge in [0.25, 0.3) is 0 Å². The van der Waals surface area contributed by atoms with Crippen molar-refractivity contribution >= 4 is 5.69 Å². The van der Waals surface area contributed by atoms with E-state index in [0.717, 1.165) is 0 Å². The third-order valence-corrected chi connectivity index (χ3v) is 3.31. The summed E-state index contributed by atoms with van der Waals surface area (Å²) in [6.45, 7) is 8.16. The molecule has 0 N–H and O–H groups in total. The first-order valence-electron chi connectivity index (χ1n) is 7.91.